The second-order valence-corrected chi connectivity index (χ2v) is 9.93. The van der Waals surface area contributed by atoms with Crippen molar-refractivity contribution < 1.29 is 15.0 Å². The first-order chi connectivity index (χ1) is 17.4. The Kier molecular flexibility index (Phi) is 5.27. The smallest absolute Gasteiger partial charge is 0.264 e. The second kappa shape index (κ2) is 8.39. The van der Waals surface area contributed by atoms with Gasteiger partial charge in [0.1, 0.15) is 11.7 Å². The van der Waals surface area contributed by atoms with E-state index in [0.29, 0.717) is 42.5 Å². The fourth-order valence-corrected chi connectivity index (χ4v) is 4.93. The lowest BCUT2D eigenvalue weighted by atomic mass is 9.90. The van der Waals surface area contributed by atoms with Crippen LogP contribution in [-0.4, -0.2) is 59.0 Å². The Hall–Kier alpha value is -3.82. The largest absolute Gasteiger partial charge is 0.388 e. The van der Waals surface area contributed by atoms with Crippen LogP contribution in [0.25, 0.3) is 16.7 Å². The van der Waals surface area contributed by atoms with Gasteiger partial charge in [0.2, 0.25) is 0 Å². The summed E-state index contributed by atoms with van der Waals surface area (Å²) in [5, 5.41) is 26.2. The molecule has 0 bridgehead atoms. The van der Waals surface area contributed by atoms with Crippen molar-refractivity contribution in [3.63, 3.8) is 0 Å². The third kappa shape index (κ3) is 4.00. The van der Waals surface area contributed by atoms with Gasteiger partial charge < -0.3 is 15.1 Å². The molecule has 2 aliphatic rings. The Morgan fingerprint density at radius 1 is 0.944 bits per heavy atom. The van der Waals surface area contributed by atoms with Crippen molar-refractivity contribution in [1.82, 2.24) is 24.2 Å². The SMILES string of the molecule is O=C(c1ccc(C2(O)CC2)cc1)N1CCC(O)(Cn2cnc3c(cnn3-c3ccccc3)c2=O)CC1. The van der Waals surface area contributed by atoms with Gasteiger partial charge in [-0.25, -0.2) is 9.67 Å². The molecule has 6 rings (SSSR count). The second-order valence-electron chi connectivity index (χ2n) is 9.93. The minimum Gasteiger partial charge on any atom is -0.388 e. The first-order valence-corrected chi connectivity index (χ1v) is 12.2. The van der Waals surface area contributed by atoms with E-state index in [1.807, 2.05) is 42.5 Å². The number of amides is 1. The molecule has 1 saturated carbocycles. The molecule has 1 aliphatic carbocycles. The number of nitrogens with zero attached hydrogens (tertiary/aromatic N) is 5. The molecule has 1 amide bonds. The van der Waals surface area contributed by atoms with Crippen LogP contribution in [-0.2, 0) is 12.1 Å². The van der Waals surface area contributed by atoms with Crippen molar-refractivity contribution >= 4 is 16.9 Å². The van der Waals surface area contributed by atoms with E-state index in [2.05, 4.69) is 10.1 Å². The van der Waals surface area contributed by atoms with Gasteiger partial charge >= 0.3 is 0 Å². The average molecular weight is 486 g/mol. The number of aromatic nitrogens is 4. The number of aliphatic hydroxyl groups is 2. The summed E-state index contributed by atoms with van der Waals surface area (Å²) in [7, 11) is 0. The minimum absolute atomic E-state index is 0.0973. The maximum atomic E-state index is 13.1. The summed E-state index contributed by atoms with van der Waals surface area (Å²) in [5.74, 6) is -0.0973. The van der Waals surface area contributed by atoms with E-state index in [4.69, 9.17) is 0 Å². The van der Waals surface area contributed by atoms with Crippen LogP contribution in [0.5, 0.6) is 0 Å². The van der Waals surface area contributed by atoms with Gasteiger partial charge in [-0.15, -0.1) is 0 Å². The van der Waals surface area contributed by atoms with Gasteiger partial charge in [0.15, 0.2) is 5.65 Å². The topological polar surface area (TPSA) is 113 Å². The molecular formula is C27H27N5O4. The Morgan fingerprint density at radius 3 is 2.31 bits per heavy atom. The fourth-order valence-electron chi connectivity index (χ4n) is 4.93. The number of hydrogen-bond acceptors (Lipinski definition) is 6. The summed E-state index contributed by atoms with van der Waals surface area (Å²) in [6.45, 7) is 0.870. The fraction of sp³-hybridized carbons (Fsp3) is 0.333. The number of para-hydroxylation sites is 1. The Balaban J connectivity index is 1.14. The molecule has 184 valence electrons. The molecule has 1 aliphatic heterocycles. The predicted molar refractivity (Wildman–Crippen MR) is 133 cm³/mol. The zero-order valence-corrected chi connectivity index (χ0v) is 19.7. The van der Waals surface area contributed by atoms with E-state index < -0.39 is 11.2 Å². The first-order valence-electron chi connectivity index (χ1n) is 12.2. The van der Waals surface area contributed by atoms with Crippen LogP contribution in [0.4, 0.5) is 0 Å². The summed E-state index contributed by atoms with van der Waals surface area (Å²) in [6.07, 6.45) is 5.18. The number of likely N-dealkylation sites (tertiary alicyclic amines) is 1. The molecule has 9 nitrogen and oxygen atoms in total. The van der Waals surface area contributed by atoms with Crippen molar-refractivity contribution in [1.29, 1.82) is 0 Å². The molecule has 9 heteroatoms. The summed E-state index contributed by atoms with van der Waals surface area (Å²) in [4.78, 5) is 32.3. The number of rotatable bonds is 5. The first kappa shape index (κ1) is 22.6. The lowest BCUT2D eigenvalue weighted by Gasteiger charge is -2.38. The zero-order chi connectivity index (χ0) is 24.9. The monoisotopic (exact) mass is 485 g/mol. The van der Waals surface area contributed by atoms with Gasteiger partial charge in [-0.05, 0) is 55.5 Å². The molecule has 4 aromatic rings. The lowest BCUT2D eigenvalue weighted by molar-refractivity contribution is -0.0299. The highest BCUT2D eigenvalue weighted by Crippen LogP contribution is 2.45. The van der Waals surface area contributed by atoms with Crippen molar-refractivity contribution in [3.05, 3.63) is 88.6 Å². The van der Waals surface area contributed by atoms with Gasteiger partial charge in [0.05, 0.1) is 29.6 Å². The molecule has 3 heterocycles. The van der Waals surface area contributed by atoms with Gasteiger partial charge in [-0.2, -0.15) is 5.10 Å². The average Bonchev–Trinajstić information content (AvgIpc) is 3.50. The maximum Gasteiger partial charge on any atom is 0.264 e. The molecule has 0 unspecified atom stereocenters. The number of benzene rings is 2. The quantitative estimate of drug-likeness (QED) is 0.448. The molecule has 0 spiro atoms. The van der Waals surface area contributed by atoms with E-state index in [9.17, 15) is 19.8 Å². The summed E-state index contributed by atoms with van der Waals surface area (Å²) >= 11 is 0. The summed E-state index contributed by atoms with van der Waals surface area (Å²) in [5.41, 5.74) is 0.586. The number of carbonyl (C=O) groups is 1. The number of hydrogen-bond donors (Lipinski definition) is 2. The molecular weight excluding hydrogens is 458 g/mol. The normalized spacial score (nSPS) is 18.3. The summed E-state index contributed by atoms with van der Waals surface area (Å²) in [6, 6.07) is 16.6. The summed E-state index contributed by atoms with van der Waals surface area (Å²) < 4.78 is 3.05. The van der Waals surface area contributed by atoms with E-state index >= 15 is 0 Å². The molecule has 36 heavy (non-hydrogen) atoms. The standard InChI is InChI=1S/C27H27N5O4/c33-24(19-6-8-20(9-7-19)27(36)10-11-27)30-14-12-26(35,13-15-30)17-31-18-28-23-22(25(31)34)16-29-32(23)21-4-2-1-3-5-21/h1-9,16,18,35-36H,10-15,17H2. The molecule has 2 fully saturated rings. The van der Waals surface area contributed by atoms with Crippen molar-refractivity contribution in [2.75, 3.05) is 13.1 Å². The minimum atomic E-state index is -1.12. The molecule has 0 atom stereocenters. The van der Waals surface area contributed by atoms with Crippen LogP contribution in [0.1, 0.15) is 41.6 Å². The Morgan fingerprint density at radius 2 is 1.64 bits per heavy atom. The van der Waals surface area contributed by atoms with Gasteiger partial charge in [0, 0.05) is 18.7 Å². The van der Waals surface area contributed by atoms with Crippen molar-refractivity contribution in [2.45, 2.75) is 43.4 Å². The lowest BCUT2D eigenvalue weighted by Crippen LogP contribution is -2.49. The van der Waals surface area contributed by atoms with E-state index in [1.165, 1.54) is 17.1 Å². The number of fused-ring (bicyclic) bond motifs is 1. The van der Waals surface area contributed by atoms with Crippen molar-refractivity contribution in [2.24, 2.45) is 0 Å². The maximum absolute atomic E-state index is 13.1. The van der Waals surface area contributed by atoms with Crippen LogP contribution >= 0.6 is 0 Å². The third-order valence-electron chi connectivity index (χ3n) is 7.39. The van der Waals surface area contributed by atoms with Crippen LogP contribution < -0.4 is 5.56 Å². The van der Waals surface area contributed by atoms with E-state index in [1.54, 1.807) is 21.7 Å². The van der Waals surface area contributed by atoms with Gasteiger partial charge in [0.25, 0.3) is 11.5 Å². The van der Waals surface area contributed by atoms with Crippen molar-refractivity contribution in [3.8, 4) is 5.69 Å². The molecule has 1 saturated heterocycles. The van der Waals surface area contributed by atoms with Gasteiger partial charge in [-0.3, -0.25) is 14.2 Å². The Bertz CT molecular complexity index is 1480. The highest BCUT2D eigenvalue weighted by molar-refractivity contribution is 5.94. The number of piperidine rings is 1. The van der Waals surface area contributed by atoms with E-state index in [0.717, 1.165) is 24.1 Å². The highest BCUT2D eigenvalue weighted by Gasteiger charge is 2.42. The molecule has 2 aromatic heterocycles. The van der Waals surface area contributed by atoms with Crippen LogP contribution in [0.3, 0.4) is 0 Å². The predicted octanol–water partition coefficient (Wildman–Crippen LogP) is 2.23. The van der Waals surface area contributed by atoms with E-state index in [-0.39, 0.29) is 18.0 Å². The third-order valence-corrected chi connectivity index (χ3v) is 7.39. The highest BCUT2D eigenvalue weighted by atomic mass is 16.3. The molecule has 2 N–H and O–H groups in total. The van der Waals surface area contributed by atoms with Crippen LogP contribution in [0.15, 0.2) is 71.9 Å². The molecule has 0 radical (unpaired) electrons. The Labute approximate surface area is 207 Å². The zero-order valence-electron chi connectivity index (χ0n) is 19.7. The van der Waals surface area contributed by atoms with Crippen LogP contribution in [0.2, 0.25) is 0 Å². The van der Waals surface area contributed by atoms with Gasteiger partial charge in [-0.1, -0.05) is 30.3 Å². The number of carbonyl (C=O) groups excluding carboxylic acids is 1. The molecule has 2 aromatic carbocycles. The van der Waals surface area contributed by atoms with Crippen LogP contribution in [0, 0.1) is 0 Å².